The Morgan fingerprint density at radius 1 is 1.43 bits per heavy atom. The standard InChI is InChI=1S/C13H17N5O2S/c1-9-4-6-15-13(16-9)21-7-3-5-14-12(19)17-11-8-10(2)20-18-11/h4,6,8H,3,5,7H2,1-2H3,(H2,14,17,18,19). The number of urea groups is 1. The molecule has 21 heavy (non-hydrogen) atoms. The van der Waals surface area contributed by atoms with E-state index in [1.54, 1.807) is 30.9 Å². The van der Waals surface area contributed by atoms with Crippen molar-refractivity contribution in [3.8, 4) is 0 Å². The van der Waals surface area contributed by atoms with E-state index in [9.17, 15) is 4.79 Å². The summed E-state index contributed by atoms with van der Waals surface area (Å²) in [6, 6.07) is 3.23. The SMILES string of the molecule is Cc1ccnc(SCCCNC(=O)Nc2cc(C)on2)n1. The molecule has 0 aliphatic heterocycles. The van der Waals surface area contributed by atoms with E-state index in [2.05, 4.69) is 25.8 Å². The molecule has 0 spiro atoms. The molecule has 0 saturated carbocycles. The maximum Gasteiger partial charge on any atom is 0.320 e. The number of aryl methyl sites for hydroxylation is 2. The number of amides is 2. The first-order valence-corrected chi connectivity index (χ1v) is 7.52. The maximum absolute atomic E-state index is 11.6. The molecule has 8 heteroatoms. The van der Waals surface area contributed by atoms with Crippen LogP contribution in [-0.4, -0.2) is 33.5 Å². The molecule has 0 aliphatic carbocycles. The van der Waals surface area contributed by atoms with Gasteiger partial charge in [0.25, 0.3) is 0 Å². The van der Waals surface area contributed by atoms with Crippen LogP contribution in [0.1, 0.15) is 17.9 Å². The predicted molar refractivity (Wildman–Crippen MR) is 80.4 cm³/mol. The van der Waals surface area contributed by atoms with Gasteiger partial charge in [0.2, 0.25) is 0 Å². The highest BCUT2D eigenvalue weighted by atomic mass is 32.2. The zero-order valence-electron chi connectivity index (χ0n) is 11.9. The first-order chi connectivity index (χ1) is 10.1. The van der Waals surface area contributed by atoms with Gasteiger partial charge in [0.1, 0.15) is 5.76 Å². The summed E-state index contributed by atoms with van der Waals surface area (Å²) in [7, 11) is 0. The van der Waals surface area contributed by atoms with Crippen LogP contribution in [0.25, 0.3) is 0 Å². The molecule has 0 fully saturated rings. The van der Waals surface area contributed by atoms with Gasteiger partial charge >= 0.3 is 6.03 Å². The van der Waals surface area contributed by atoms with Gasteiger partial charge in [-0.15, -0.1) is 0 Å². The second-order valence-corrected chi connectivity index (χ2v) is 5.45. The third kappa shape index (κ3) is 5.42. The van der Waals surface area contributed by atoms with E-state index in [0.29, 0.717) is 18.1 Å². The zero-order valence-corrected chi connectivity index (χ0v) is 12.7. The van der Waals surface area contributed by atoms with E-state index < -0.39 is 0 Å². The average molecular weight is 307 g/mol. The molecule has 112 valence electrons. The Morgan fingerprint density at radius 3 is 3.00 bits per heavy atom. The third-order valence-electron chi connectivity index (χ3n) is 2.48. The van der Waals surface area contributed by atoms with Gasteiger partial charge in [0.05, 0.1) is 0 Å². The van der Waals surface area contributed by atoms with Gasteiger partial charge in [0, 0.05) is 30.3 Å². The lowest BCUT2D eigenvalue weighted by molar-refractivity contribution is 0.252. The summed E-state index contributed by atoms with van der Waals surface area (Å²) >= 11 is 1.57. The van der Waals surface area contributed by atoms with E-state index in [1.165, 1.54) is 0 Å². The van der Waals surface area contributed by atoms with Crippen LogP contribution >= 0.6 is 11.8 Å². The molecule has 2 heterocycles. The molecule has 2 rings (SSSR count). The van der Waals surface area contributed by atoms with E-state index in [4.69, 9.17) is 4.52 Å². The van der Waals surface area contributed by atoms with E-state index in [0.717, 1.165) is 23.0 Å². The summed E-state index contributed by atoms with van der Waals surface area (Å²) in [4.78, 5) is 20.0. The molecule has 2 aromatic rings. The van der Waals surface area contributed by atoms with Crippen LogP contribution in [0.15, 0.2) is 28.0 Å². The van der Waals surface area contributed by atoms with Crippen LogP contribution < -0.4 is 10.6 Å². The minimum Gasteiger partial charge on any atom is -0.360 e. The van der Waals surface area contributed by atoms with Crippen LogP contribution in [0.2, 0.25) is 0 Å². The summed E-state index contributed by atoms with van der Waals surface area (Å²) in [6.45, 7) is 4.27. The molecule has 0 radical (unpaired) electrons. The number of rotatable bonds is 6. The Hall–Kier alpha value is -2.09. The molecule has 0 aliphatic rings. The summed E-state index contributed by atoms with van der Waals surface area (Å²) in [5, 5.41) is 9.79. The fraction of sp³-hybridized carbons (Fsp3) is 0.385. The Labute approximate surface area is 126 Å². The van der Waals surface area contributed by atoms with Crippen molar-refractivity contribution in [2.75, 3.05) is 17.6 Å². The molecule has 2 N–H and O–H groups in total. The Bertz CT molecular complexity index is 602. The molecule has 7 nitrogen and oxygen atoms in total. The molecule has 0 unspecified atom stereocenters. The van der Waals surface area contributed by atoms with Gasteiger partial charge in [-0.05, 0) is 26.3 Å². The molecule has 0 bridgehead atoms. The number of carbonyl (C=O) groups excluding carboxylic acids is 1. The molecule has 0 saturated heterocycles. The number of hydrogen-bond acceptors (Lipinski definition) is 6. The smallest absolute Gasteiger partial charge is 0.320 e. The van der Waals surface area contributed by atoms with Gasteiger partial charge in [0.15, 0.2) is 11.0 Å². The molecule has 0 atom stereocenters. The topological polar surface area (TPSA) is 92.9 Å². The molecular weight excluding hydrogens is 290 g/mol. The highest BCUT2D eigenvalue weighted by Gasteiger charge is 2.05. The van der Waals surface area contributed by atoms with Crippen molar-refractivity contribution < 1.29 is 9.32 Å². The van der Waals surface area contributed by atoms with Crippen molar-refractivity contribution in [1.29, 1.82) is 0 Å². The number of thioether (sulfide) groups is 1. The monoisotopic (exact) mass is 307 g/mol. The van der Waals surface area contributed by atoms with Crippen LogP contribution in [0.5, 0.6) is 0 Å². The Morgan fingerprint density at radius 2 is 2.29 bits per heavy atom. The van der Waals surface area contributed by atoms with Crippen molar-refractivity contribution in [2.45, 2.75) is 25.4 Å². The highest BCUT2D eigenvalue weighted by molar-refractivity contribution is 7.99. The zero-order chi connectivity index (χ0) is 15.1. The molecule has 2 aromatic heterocycles. The summed E-state index contributed by atoms with van der Waals surface area (Å²) in [6.07, 6.45) is 2.57. The van der Waals surface area contributed by atoms with Crippen molar-refractivity contribution >= 4 is 23.6 Å². The second kappa shape index (κ2) is 7.63. The maximum atomic E-state index is 11.6. The van der Waals surface area contributed by atoms with E-state index in [1.807, 2.05) is 13.0 Å². The van der Waals surface area contributed by atoms with Crippen molar-refractivity contribution in [1.82, 2.24) is 20.4 Å². The summed E-state index contributed by atoms with van der Waals surface area (Å²) < 4.78 is 4.86. The van der Waals surface area contributed by atoms with Crippen molar-refractivity contribution in [3.05, 3.63) is 29.8 Å². The number of nitrogens with one attached hydrogen (secondary N) is 2. The lowest BCUT2D eigenvalue weighted by Gasteiger charge is -2.04. The van der Waals surface area contributed by atoms with Gasteiger partial charge in [-0.1, -0.05) is 16.9 Å². The lowest BCUT2D eigenvalue weighted by atomic mass is 10.5. The number of anilines is 1. The first kappa shape index (κ1) is 15.3. The highest BCUT2D eigenvalue weighted by Crippen LogP contribution is 2.13. The third-order valence-corrected chi connectivity index (χ3v) is 3.43. The molecule has 2 amide bonds. The van der Waals surface area contributed by atoms with Crippen molar-refractivity contribution in [3.63, 3.8) is 0 Å². The molecular formula is C13H17N5O2S. The van der Waals surface area contributed by atoms with Crippen LogP contribution in [0, 0.1) is 13.8 Å². The number of nitrogens with zero attached hydrogens (tertiary/aromatic N) is 3. The van der Waals surface area contributed by atoms with Crippen LogP contribution in [0.4, 0.5) is 10.6 Å². The average Bonchev–Trinajstić information content (AvgIpc) is 2.84. The van der Waals surface area contributed by atoms with Crippen LogP contribution in [-0.2, 0) is 0 Å². The van der Waals surface area contributed by atoms with Gasteiger partial charge in [-0.2, -0.15) is 0 Å². The van der Waals surface area contributed by atoms with Gasteiger partial charge in [-0.25, -0.2) is 14.8 Å². The fourth-order valence-corrected chi connectivity index (χ4v) is 2.33. The summed E-state index contributed by atoms with van der Waals surface area (Å²) in [5.41, 5.74) is 0.952. The molecule has 0 aromatic carbocycles. The van der Waals surface area contributed by atoms with Crippen LogP contribution in [0.3, 0.4) is 0 Å². The van der Waals surface area contributed by atoms with E-state index >= 15 is 0 Å². The quantitative estimate of drug-likeness (QED) is 0.483. The van der Waals surface area contributed by atoms with Gasteiger partial charge < -0.3 is 9.84 Å². The van der Waals surface area contributed by atoms with Crippen molar-refractivity contribution in [2.24, 2.45) is 0 Å². The first-order valence-electron chi connectivity index (χ1n) is 6.54. The number of carbonyl (C=O) groups is 1. The summed E-state index contributed by atoms with van der Waals surface area (Å²) in [5.74, 6) is 1.90. The minimum atomic E-state index is -0.292. The minimum absolute atomic E-state index is 0.292. The number of hydrogen-bond donors (Lipinski definition) is 2. The fourth-order valence-electron chi connectivity index (χ4n) is 1.52. The van der Waals surface area contributed by atoms with Gasteiger partial charge in [-0.3, -0.25) is 5.32 Å². The number of aromatic nitrogens is 3. The lowest BCUT2D eigenvalue weighted by Crippen LogP contribution is -2.29. The second-order valence-electron chi connectivity index (χ2n) is 4.39. The van der Waals surface area contributed by atoms with E-state index in [-0.39, 0.29) is 6.03 Å². The normalized spacial score (nSPS) is 10.4. The Balaban J connectivity index is 1.60. The Kier molecular flexibility index (Phi) is 5.56. The predicted octanol–water partition coefficient (Wildman–Crippen LogP) is 2.39. The largest absolute Gasteiger partial charge is 0.360 e.